The minimum Gasteiger partial charge on any atom is -0.507 e. The number of carbonyl (C=O) groups excluding carboxylic acids is 2. The summed E-state index contributed by atoms with van der Waals surface area (Å²) >= 11 is 5.90. The van der Waals surface area contributed by atoms with E-state index in [1.54, 1.807) is 0 Å². The van der Waals surface area contributed by atoms with E-state index in [4.69, 9.17) is 26.3 Å². The number of hydrogen-bond acceptors (Lipinski definition) is 6. The smallest absolute Gasteiger partial charge is 0.342 e. The third-order valence-corrected chi connectivity index (χ3v) is 3.75. The maximum Gasteiger partial charge on any atom is 0.342 e. The van der Waals surface area contributed by atoms with E-state index in [1.807, 2.05) is 6.07 Å². The number of nitrogens with zero attached hydrogens (tertiary/aromatic N) is 1. The van der Waals surface area contributed by atoms with Crippen LogP contribution in [-0.4, -0.2) is 30.2 Å². The Morgan fingerprint density at radius 1 is 1.27 bits per heavy atom. The summed E-state index contributed by atoms with van der Waals surface area (Å²) < 4.78 is 10.1. The number of halogens is 1. The SMILES string of the molecule is COc1ccc(O)c(C(=O)OC(C)C(=O)Nc2ccc(C#N)c(Cl)c2)c1. The van der Waals surface area contributed by atoms with Crippen molar-refractivity contribution in [2.24, 2.45) is 0 Å². The largest absolute Gasteiger partial charge is 0.507 e. The summed E-state index contributed by atoms with van der Waals surface area (Å²) in [5.41, 5.74) is 0.509. The van der Waals surface area contributed by atoms with Gasteiger partial charge in [0.15, 0.2) is 6.10 Å². The average Bonchev–Trinajstić information content (AvgIpc) is 2.62. The lowest BCUT2D eigenvalue weighted by atomic mass is 10.2. The van der Waals surface area contributed by atoms with Crippen LogP contribution in [0.15, 0.2) is 36.4 Å². The van der Waals surface area contributed by atoms with Crippen LogP contribution in [0.3, 0.4) is 0 Å². The monoisotopic (exact) mass is 374 g/mol. The minimum atomic E-state index is -1.14. The van der Waals surface area contributed by atoms with Gasteiger partial charge in [0.25, 0.3) is 5.91 Å². The van der Waals surface area contributed by atoms with Gasteiger partial charge in [-0.1, -0.05) is 11.6 Å². The fourth-order valence-corrected chi connectivity index (χ4v) is 2.23. The topological polar surface area (TPSA) is 109 Å². The van der Waals surface area contributed by atoms with Crippen LogP contribution in [0.25, 0.3) is 0 Å². The Kier molecular flexibility index (Phi) is 6.04. The Hall–Kier alpha value is -3.24. The molecule has 1 unspecified atom stereocenters. The molecule has 0 fully saturated rings. The first-order valence-electron chi connectivity index (χ1n) is 7.44. The number of anilines is 1. The quantitative estimate of drug-likeness (QED) is 0.778. The number of benzene rings is 2. The van der Waals surface area contributed by atoms with E-state index >= 15 is 0 Å². The number of carbonyl (C=O) groups is 2. The summed E-state index contributed by atoms with van der Waals surface area (Å²) in [5, 5.41) is 21.3. The van der Waals surface area contributed by atoms with Gasteiger partial charge in [-0.25, -0.2) is 4.79 Å². The summed E-state index contributed by atoms with van der Waals surface area (Å²) in [6, 6.07) is 10.4. The van der Waals surface area contributed by atoms with Crippen molar-refractivity contribution >= 4 is 29.2 Å². The molecule has 0 saturated carbocycles. The molecule has 0 aliphatic rings. The number of rotatable bonds is 5. The van der Waals surface area contributed by atoms with Gasteiger partial charge in [-0.15, -0.1) is 0 Å². The van der Waals surface area contributed by atoms with Gasteiger partial charge in [-0.05, 0) is 43.3 Å². The van der Waals surface area contributed by atoms with Crippen LogP contribution in [0, 0.1) is 11.3 Å². The molecule has 2 N–H and O–H groups in total. The third kappa shape index (κ3) is 4.43. The number of esters is 1. The van der Waals surface area contributed by atoms with E-state index in [1.165, 1.54) is 50.4 Å². The van der Waals surface area contributed by atoms with Gasteiger partial charge in [-0.3, -0.25) is 4.79 Å². The number of phenolic OH excluding ortho intramolecular Hbond substituents is 1. The summed E-state index contributed by atoms with van der Waals surface area (Å²) in [7, 11) is 1.42. The van der Waals surface area contributed by atoms with Crippen molar-refractivity contribution in [3.05, 3.63) is 52.5 Å². The molecular weight excluding hydrogens is 360 g/mol. The molecule has 134 valence electrons. The second-order valence-corrected chi connectivity index (χ2v) is 5.63. The number of nitriles is 1. The molecule has 1 atom stereocenters. The molecule has 26 heavy (non-hydrogen) atoms. The van der Waals surface area contributed by atoms with Crippen LogP contribution in [0.4, 0.5) is 5.69 Å². The highest BCUT2D eigenvalue weighted by atomic mass is 35.5. The summed E-state index contributed by atoms with van der Waals surface area (Å²) in [4.78, 5) is 24.3. The molecule has 0 radical (unpaired) electrons. The normalized spacial score (nSPS) is 11.2. The Morgan fingerprint density at radius 2 is 2.00 bits per heavy atom. The van der Waals surface area contributed by atoms with E-state index in [9.17, 15) is 14.7 Å². The van der Waals surface area contributed by atoms with Gasteiger partial charge in [0, 0.05) is 5.69 Å². The number of ether oxygens (including phenoxy) is 2. The zero-order valence-electron chi connectivity index (χ0n) is 13.9. The first kappa shape index (κ1) is 19.1. The van der Waals surface area contributed by atoms with Crippen molar-refractivity contribution in [1.82, 2.24) is 0 Å². The predicted octanol–water partition coefficient (Wildman–Crippen LogP) is 3.11. The van der Waals surface area contributed by atoms with Crippen molar-refractivity contribution < 1.29 is 24.2 Å². The first-order chi connectivity index (χ1) is 12.3. The van der Waals surface area contributed by atoms with Crippen molar-refractivity contribution in [3.63, 3.8) is 0 Å². The molecule has 0 heterocycles. The molecule has 0 spiro atoms. The first-order valence-corrected chi connectivity index (χ1v) is 7.82. The predicted molar refractivity (Wildman–Crippen MR) is 94.3 cm³/mol. The molecule has 1 amide bonds. The number of aromatic hydroxyl groups is 1. The number of hydrogen-bond donors (Lipinski definition) is 2. The summed E-state index contributed by atoms with van der Waals surface area (Å²) in [6.45, 7) is 1.38. The number of amides is 1. The molecule has 0 aliphatic heterocycles. The van der Waals surface area contributed by atoms with Crippen LogP contribution >= 0.6 is 11.6 Å². The maximum absolute atomic E-state index is 12.2. The van der Waals surface area contributed by atoms with Crippen molar-refractivity contribution in [1.29, 1.82) is 5.26 Å². The second kappa shape index (κ2) is 8.23. The number of phenols is 1. The summed E-state index contributed by atoms with van der Waals surface area (Å²) in [6.07, 6.45) is -1.14. The highest BCUT2D eigenvalue weighted by Gasteiger charge is 2.22. The zero-order chi connectivity index (χ0) is 19.3. The van der Waals surface area contributed by atoms with Gasteiger partial charge >= 0.3 is 5.97 Å². The maximum atomic E-state index is 12.2. The molecule has 0 saturated heterocycles. The molecule has 2 rings (SSSR count). The van der Waals surface area contributed by atoms with Crippen molar-refractivity contribution in [2.75, 3.05) is 12.4 Å². The lowest BCUT2D eigenvalue weighted by Gasteiger charge is -2.14. The Bertz CT molecular complexity index is 892. The van der Waals surface area contributed by atoms with Crippen LogP contribution in [0.1, 0.15) is 22.8 Å². The molecule has 0 bridgehead atoms. The molecule has 2 aromatic carbocycles. The van der Waals surface area contributed by atoms with E-state index < -0.39 is 18.0 Å². The average molecular weight is 375 g/mol. The number of nitrogens with one attached hydrogen (secondary N) is 1. The lowest BCUT2D eigenvalue weighted by molar-refractivity contribution is -0.123. The van der Waals surface area contributed by atoms with Crippen molar-refractivity contribution in [2.45, 2.75) is 13.0 Å². The third-order valence-electron chi connectivity index (χ3n) is 3.43. The Labute approximate surface area is 154 Å². The van der Waals surface area contributed by atoms with Gasteiger partial charge in [0.1, 0.15) is 23.1 Å². The lowest BCUT2D eigenvalue weighted by Crippen LogP contribution is -2.30. The second-order valence-electron chi connectivity index (χ2n) is 5.23. The van der Waals surface area contributed by atoms with Gasteiger partial charge in [-0.2, -0.15) is 5.26 Å². The molecule has 2 aromatic rings. The van der Waals surface area contributed by atoms with E-state index in [-0.39, 0.29) is 21.9 Å². The molecule has 0 aliphatic carbocycles. The zero-order valence-corrected chi connectivity index (χ0v) is 14.7. The highest BCUT2D eigenvalue weighted by molar-refractivity contribution is 6.32. The van der Waals surface area contributed by atoms with E-state index in [0.29, 0.717) is 11.4 Å². The standard InChI is InChI=1S/C18H15ClN2O5/c1-10(17(23)21-12-4-3-11(9-20)15(19)7-12)26-18(24)14-8-13(25-2)5-6-16(14)22/h3-8,10,22H,1-2H3,(H,21,23). The van der Waals surface area contributed by atoms with E-state index in [2.05, 4.69) is 5.32 Å². The fraction of sp³-hybridized carbons (Fsp3) is 0.167. The minimum absolute atomic E-state index is 0.120. The molecule has 8 heteroatoms. The molecule has 7 nitrogen and oxygen atoms in total. The highest BCUT2D eigenvalue weighted by Crippen LogP contribution is 2.24. The van der Waals surface area contributed by atoms with Gasteiger partial charge in [0.2, 0.25) is 0 Å². The van der Waals surface area contributed by atoms with Crippen LogP contribution in [0.2, 0.25) is 5.02 Å². The van der Waals surface area contributed by atoms with Crippen LogP contribution < -0.4 is 10.1 Å². The van der Waals surface area contributed by atoms with Gasteiger partial charge < -0.3 is 19.9 Å². The number of methoxy groups -OCH3 is 1. The van der Waals surface area contributed by atoms with Crippen LogP contribution in [-0.2, 0) is 9.53 Å². The fourth-order valence-electron chi connectivity index (χ4n) is 2.01. The Morgan fingerprint density at radius 3 is 2.62 bits per heavy atom. The Balaban J connectivity index is 2.06. The van der Waals surface area contributed by atoms with E-state index in [0.717, 1.165) is 0 Å². The molecule has 0 aromatic heterocycles. The summed E-state index contributed by atoms with van der Waals surface area (Å²) in [5.74, 6) is -1.40. The van der Waals surface area contributed by atoms with Crippen molar-refractivity contribution in [3.8, 4) is 17.6 Å². The van der Waals surface area contributed by atoms with Crippen LogP contribution in [0.5, 0.6) is 11.5 Å². The molecular formula is C18H15ClN2O5. The van der Waals surface area contributed by atoms with Gasteiger partial charge in [0.05, 0.1) is 17.7 Å².